The molecule has 0 aliphatic carbocycles. The van der Waals surface area contributed by atoms with Crippen LogP contribution in [-0.2, 0) is 6.54 Å². The molecule has 0 aliphatic rings. The van der Waals surface area contributed by atoms with Crippen molar-refractivity contribution in [1.82, 2.24) is 19.1 Å². The van der Waals surface area contributed by atoms with Crippen LogP contribution in [0.4, 0.5) is 8.78 Å². The summed E-state index contributed by atoms with van der Waals surface area (Å²) in [5.74, 6) is 0.0847. The van der Waals surface area contributed by atoms with Gasteiger partial charge in [-0.3, -0.25) is 13.9 Å². The highest BCUT2D eigenvalue weighted by Gasteiger charge is 2.18. The molecule has 0 saturated heterocycles. The Morgan fingerprint density at radius 3 is 2.72 bits per heavy atom. The zero-order valence-electron chi connectivity index (χ0n) is 12.7. The molecule has 0 amide bonds. The smallest absolute Gasteiger partial charge is 0.291 e. The fraction of sp³-hybridized carbons (Fsp3) is 0.118. The molecule has 0 bridgehead atoms. The number of benzene rings is 2. The number of nitrogens with zero attached hydrogens (tertiary/aromatic N) is 4. The summed E-state index contributed by atoms with van der Waals surface area (Å²) in [6, 6.07) is 11.4. The van der Waals surface area contributed by atoms with Crippen LogP contribution in [0.2, 0.25) is 5.02 Å². The standard InChI is InChI=1S/C17H11ClF2N4O/c18-10-5-6-12-11(7-10)16(25)23(9-21-12)8-15-22-13-3-1-2-4-14(13)24(15)17(19)20/h1-7,9,17H,8H2. The number of fused-ring (bicyclic) bond motifs is 2. The van der Waals surface area contributed by atoms with E-state index in [0.717, 1.165) is 4.57 Å². The van der Waals surface area contributed by atoms with E-state index in [1.54, 1.807) is 36.4 Å². The minimum atomic E-state index is -2.76. The van der Waals surface area contributed by atoms with E-state index in [0.29, 0.717) is 27.0 Å². The molecule has 0 spiro atoms. The molecule has 0 fully saturated rings. The first-order valence-electron chi connectivity index (χ1n) is 7.43. The van der Waals surface area contributed by atoms with E-state index in [9.17, 15) is 13.6 Å². The van der Waals surface area contributed by atoms with Crippen LogP contribution < -0.4 is 5.56 Å². The fourth-order valence-corrected chi connectivity index (χ4v) is 2.99. The number of hydrogen-bond acceptors (Lipinski definition) is 3. The summed E-state index contributed by atoms with van der Waals surface area (Å²) in [5.41, 5.74) is 0.897. The Balaban J connectivity index is 1.87. The molecule has 2 aromatic heterocycles. The maximum absolute atomic E-state index is 13.5. The lowest BCUT2D eigenvalue weighted by atomic mass is 10.2. The van der Waals surface area contributed by atoms with Gasteiger partial charge in [0.05, 0.1) is 34.8 Å². The van der Waals surface area contributed by atoms with Gasteiger partial charge in [0.25, 0.3) is 5.56 Å². The second-order valence-electron chi connectivity index (χ2n) is 5.50. The molecule has 0 atom stereocenters. The van der Waals surface area contributed by atoms with Crippen molar-refractivity contribution in [3.8, 4) is 0 Å². The number of alkyl halides is 2. The van der Waals surface area contributed by atoms with Gasteiger partial charge in [-0.05, 0) is 30.3 Å². The Kier molecular flexibility index (Phi) is 3.73. The summed E-state index contributed by atoms with van der Waals surface area (Å²) in [5, 5.41) is 0.735. The molecule has 4 rings (SSSR count). The van der Waals surface area contributed by atoms with Crippen molar-refractivity contribution in [1.29, 1.82) is 0 Å². The third kappa shape index (κ3) is 2.66. The topological polar surface area (TPSA) is 52.7 Å². The first-order valence-corrected chi connectivity index (χ1v) is 7.81. The van der Waals surface area contributed by atoms with Crippen LogP contribution in [0.5, 0.6) is 0 Å². The molecule has 0 aliphatic heterocycles. The normalized spacial score (nSPS) is 11.7. The highest BCUT2D eigenvalue weighted by molar-refractivity contribution is 6.31. The Morgan fingerprint density at radius 2 is 1.92 bits per heavy atom. The molecule has 0 N–H and O–H groups in total. The van der Waals surface area contributed by atoms with Gasteiger partial charge in [0, 0.05) is 5.02 Å². The van der Waals surface area contributed by atoms with Crippen LogP contribution in [0.25, 0.3) is 21.9 Å². The van der Waals surface area contributed by atoms with Gasteiger partial charge in [-0.2, -0.15) is 8.78 Å². The molecule has 0 saturated carbocycles. The summed E-state index contributed by atoms with van der Waals surface area (Å²) in [6.45, 7) is -2.88. The van der Waals surface area contributed by atoms with Gasteiger partial charge >= 0.3 is 6.55 Å². The van der Waals surface area contributed by atoms with E-state index in [1.165, 1.54) is 17.0 Å². The quantitative estimate of drug-likeness (QED) is 0.557. The van der Waals surface area contributed by atoms with Crippen LogP contribution in [0.1, 0.15) is 12.4 Å². The Morgan fingerprint density at radius 1 is 1.12 bits per heavy atom. The first-order chi connectivity index (χ1) is 12.0. The molecule has 0 radical (unpaired) electrons. The molecular formula is C17H11ClF2N4O. The number of imidazole rings is 1. The van der Waals surface area contributed by atoms with Gasteiger partial charge in [-0.1, -0.05) is 23.7 Å². The molecule has 0 unspecified atom stereocenters. The summed E-state index contributed by atoms with van der Waals surface area (Å²) in [4.78, 5) is 21.0. The molecule has 5 nitrogen and oxygen atoms in total. The van der Waals surface area contributed by atoms with E-state index in [2.05, 4.69) is 9.97 Å². The average molecular weight is 361 g/mol. The Hall–Kier alpha value is -2.80. The molecule has 4 aromatic rings. The van der Waals surface area contributed by atoms with E-state index < -0.39 is 6.55 Å². The van der Waals surface area contributed by atoms with Crippen LogP contribution in [0.15, 0.2) is 53.6 Å². The summed E-state index contributed by atoms with van der Waals surface area (Å²) < 4.78 is 29.1. The van der Waals surface area contributed by atoms with Gasteiger partial charge in [-0.15, -0.1) is 0 Å². The highest BCUT2D eigenvalue weighted by atomic mass is 35.5. The van der Waals surface area contributed by atoms with Crippen molar-refractivity contribution in [2.45, 2.75) is 13.1 Å². The maximum atomic E-state index is 13.5. The Labute approximate surface area is 145 Å². The lowest BCUT2D eigenvalue weighted by Crippen LogP contribution is -2.23. The maximum Gasteiger partial charge on any atom is 0.320 e. The second-order valence-corrected chi connectivity index (χ2v) is 5.94. The fourth-order valence-electron chi connectivity index (χ4n) is 2.82. The zero-order valence-corrected chi connectivity index (χ0v) is 13.5. The molecule has 2 heterocycles. The number of hydrogen-bond donors (Lipinski definition) is 0. The van der Waals surface area contributed by atoms with Gasteiger partial charge < -0.3 is 0 Å². The first kappa shape index (κ1) is 15.7. The van der Waals surface area contributed by atoms with Crippen LogP contribution in [-0.4, -0.2) is 19.1 Å². The van der Waals surface area contributed by atoms with E-state index in [-0.39, 0.29) is 17.9 Å². The number of rotatable bonds is 3. The van der Waals surface area contributed by atoms with Crippen molar-refractivity contribution in [2.24, 2.45) is 0 Å². The molecule has 25 heavy (non-hydrogen) atoms. The van der Waals surface area contributed by atoms with Gasteiger partial charge in [0.2, 0.25) is 0 Å². The monoisotopic (exact) mass is 360 g/mol. The molecule has 126 valence electrons. The Bertz CT molecular complexity index is 1150. The lowest BCUT2D eigenvalue weighted by Gasteiger charge is -2.10. The third-order valence-corrected chi connectivity index (χ3v) is 4.20. The zero-order chi connectivity index (χ0) is 17.6. The van der Waals surface area contributed by atoms with E-state index in [4.69, 9.17) is 11.6 Å². The summed E-state index contributed by atoms with van der Waals surface area (Å²) in [7, 11) is 0. The van der Waals surface area contributed by atoms with Crippen molar-refractivity contribution >= 4 is 33.5 Å². The van der Waals surface area contributed by atoms with E-state index in [1.807, 2.05) is 0 Å². The van der Waals surface area contributed by atoms with Crippen LogP contribution in [0, 0.1) is 0 Å². The van der Waals surface area contributed by atoms with Crippen LogP contribution >= 0.6 is 11.6 Å². The lowest BCUT2D eigenvalue weighted by molar-refractivity contribution is 0.0711. The minimum Gasteiger partial charge on any atom is -0.291 e. The van der Waals surface area contributed by atoms with Gasteiger partial charge in [0.15, 0.2) is 0 Å². The molecule has 2 aromatic carbocycles. The number of aromatic nitrogens is 4. The second kappa shape index (κ2) is 5.93. The summed E-state index contributed by atoms with van der Waals surface area (Å²) >= 11 is 5.93. The van der Waals surface area contributed by atoms with Crippen molar-refractivity contribution < 1.29 is 8.78 Å². The van der Waals surface area contributed by atoms with Crippen molar-refractivity contribution in [3.05, 3.63) is 70.0 Å². The average Bonchev–Trinajstić information content (AvgIpc) is 2.96. The largest absolute Gasteiger partial charge is 0.320 e. The van der Waals surface area contributed by atoms with Gasteiger partial charge in [0.1, 0.15) is 5.82 Å². The van der Waals surface area contributed by atoms with Crippen molar-refractivity contribution in [2.75, 3.05) is 0 Å². The predicted molar refractivity (Wildman–Crippen MR) is 91.1 cm³/mol. The minimum absolute atomic E-state index is 0.0847. The van der Waals surface area contributed by atoms with Crippen molar-refractivity contribution in [3.63, 3.8) is 0 Å². The van der Waals surface area contributed by atoms with Gasteiger partial charge in [-0.25, -0.2) is 9.97 Å². The molecular weight excluding hydrogens is 350 g/mol. The highest BCUT2D eigenvalue weighted by Crippen LogP contribution is 2.23. The SMILES string of the molecule is O=c1c2cc(Cl)ccc2ncn1Cc1nc2ccccc2n1C(F)F. The van der Waals surface area contributed by atoms with E-state index >= 15 is 0 Å². The predicted octanol–water partition coefficient (Wildman–Crippen LogP) is 3.84. The molecule has 8 heteroatoms. The van der Waals surface area contributed by atoms with Crippen LogP contribution in [0.3, 0.4) is 0 Å². The summed E-state index contributed by atoms with van der Waals surface area (Å²) in [6.07, 6.45) is 1.33. The number of para-hydroxylation sites is 2. The number of halogens is 3. The third-order valence-electron chi connectivity index (χ3n) is 3.96.